The number of hydrogen-bond acceptors (Lipinski definition) is 2. The average molecular weight is 369 g/mol. The van der Waals surface area contributed by atoms with Crippen molar-refractivity contribution in [2.45, 2.75) is 12.4 Å². The van der Waals surface area contributed by atoms with Crippen LogP contribution in [0, 0.1) is 0 Å². The molecule has 2 aromatic rings. The molecule has 0 spiro atoms. The molecule has 128 valence electrons. The number of rotatable bonds is 3. The molecule has 0 saturated heterocycles. The normalized spacial score (nSPS) is 12.1. The lowest BCUT2D eigenvalue weighted by Crippen LogP contribution is -2.09. The van der Waals surface area contributed by atoms with E-state index in [9.17, 15) is 31.1 Å². The number of alkyl halides is 6. The number of aldehydes is 1. The van der Waals surface area contributed by atoms with Crippen molar-refractivity contribution >= 4 is 17.9 Å². The summed E-state index contributed by atoms with van der Waals surface area (Å²) in [7, 11) is 0. The highest BCUT2D eigenvalue weighted by Gasteiger charge is 2.35. The van der Waals surface area contributed by atoms with Gasteiger partial charge < -0.3 is 4.74 Å². The highest BCUT2D eigenvalue weighted by Crippen LogP contribution is 2.39. The molecule has 0 bridgehead atoms. The maximum atomic E-state index is 12.8. The molecule has 2 aromatic carbocycles. The first kappa shape index (κ1) is 18.1. The number of ether oxygens (including phenoxy) is 1. The van der Waals surface area contributed by atoms with E-state index in [0.717, 1.165) is 24.3 Å². The van der Waals surface area contributed by atoms with Gasteiger partial charge in [-0.25, -0.2) is 0 Å². The minimum atomic E-state index is -4.81. The Morgan fingerprint density at radius 3 is 1.83 bits per heavy atom. The lowest BCUT2D eigenvalue weighted by atomic mass is 10.1. The smallest absolute Gasteiger partial charge is 0.417 e. The van der Waals surface area contributed by atoms with Crippen LogP contribution in [0.3, 0.4) is 0 Å². The number of benzene rings is 2. The predicted molar refractivity (Wildman–Crippen MR) is 73.4 cm³/mol. The zero-order chi connectivity index (χ0) is 18.1. The van der Waals surface area contributed by atoms with E-state index < -0.39 is 34.1 Å². The fourth-order valence-corrected chi connectivity index (χ4v) is 2.09. The minimum absolute atomic E-state index is 0.0245. The van der Waals surface area contributed by atoms with Crippen LogP contribution >= 0.6 is 11.6 Å². The Morgan fingerprint density at radius 1 is 0.833 bits per heavy atom. The fraction of sp³-hybridized carbons (Fsp3) is 0.133. The van der Waals surface area contributed by atoms with Crippen LogP contribution in [0.1, 0.15) is 21.5 Å². The summed E-state index contributed by atoms with van der Waals surface area (Å²) in [6.07, 6.45) is -9.53. The van der Waals surface area contributed by atoms with E-state index in [1.165, 1.54) is 0 Å². The van der Waals surface area contributed by atoms with Gasteiger partial charge in [-0.3, -0.25) is 4.79 Å². The van der Waals surface area contributed by atoms with Gasteiger partial charge in [0.2, 0.25) is 0 Å². The van der Waals surface area contributed by atoms with Crippen LogP contribution in [0.4, 0.5) is 26.3 Å². The van der Waals surface area contributed by atoms with Gasteiger partial charge in [-0.1, -0.05) is 11.6 Å². The Balaban J connectivity index is 2.41. The van der Waals surface area contributed by atoms with Crippen molar-refractivity contribution in [3.63, 3.8) is 0 Å². The molecule has 0 aliphatic rings. The number of halogens is 7. The van der Waals surface area contributed by atoms with Gasteiger partial charge in [0.15, 0.2) is 6.29 Å². The van der Waals surface area contributed by atoms with E-state index >= 15 is 0 Å². The quantitative estimate of drug-likeness (QED) is 0.492. The first-order chi connectivity index (χ1) is 11.0. The maximum absolute atomic E-state index is 12.8. The second-order valence-electron chi connectivity index (χ2n) is 4.61. The summed E-state index contributed by atoms with van der Waals surface area (Å²) in [5, 5.41) is -0.567. The SMILES string of the molecule is O=Cc1ccc(Oc2ccc(Cl)c(C(F)(F)F)c2)cc1C(F)(F)F. The predicted octanol–water partition coefficient (Wildman–Crippen LogP) is 5.98. The van der Waals surface area contributed by atoms with Crippen molar-refractivity contribution in [3.05, 3.63) is 58.1 Å². The molecule has 0 amide bonds. The van der Waals surface area contributed by atoms with Crippen molar-refractivity contribution < 1.29 is 35.9 Å². The second-order valence-corrected chi connectivity index (χ2v) is 5.01. The van der Waals surface area contributed by atoms with Gasteiger partial charge in [0.25, 0.3) is 0 Å². The summed E-state index contributed by atoms with van der Waals surface area (Å²) in [5.74, 6) is -0.720. The largest absolute Gasteiger partial charge is 0.457 e. The second kappa shape index (κ2) is 6.35. The maximum Gasteiger partial charge on any atom is 0.417 e. The number of carbonyl (C=O) groups is 1. The van der Waals surface area contributed by atoms with E-state index in [2.05, 4.69) is 0 Å². The summed E-state index contributed by atoms with van der Waals surface area (Å²) in [4.78, 5) is 10.7. The first-order valence-corrected chi connectivity index (χ1v) is 6.61. The van der Waals surface area contributed by atoms with Crippen LogP contribution < -0.4 is 4.74 Å². The number of hydrogen-bond donors (Lipinski definition) is 0. The Morgan fingerprint density at radius 2 is 1.33 bits per heavy atom. The molecule has 0 aliphatic carbocycles. The molecular formula is C15H7ClF6O2. The standard InChI is InChI=1S/C15H7ClF6O2/c16-13-4-3-10(6-12(13)15(20,21)22)24-9-2-1-8(7-23)11(5-9)14(17,18)19/h1-7H. The van der Waals surface area contributed by atoms with Crippen LogP contribution in [0.2, 0.25) is 5.02 Å². The Labute approximate surface area is 136 Å². The van der Waals surface area contributed by atoms with Crippen molar-refractivity contribution in [1.82, 2.24) is 0 Å². The van der Waals surface area contributed by atoms with Gasteiger partial charge >= 0.3 is 12.4 Å². The third-order valence-electron chi connectivity index (χ3n) is 2.94. The molecule has 2 rings (SSSR count). The molecule has 0 aromatic heterocycles. The highest BCUT2D eigenvalue weighted by atomic mass is 35.5. The summed E-state index contributed by atoms with van der Waals surface area (Å²) >= 11 is 5.45. The lowest BCUT2D eigenvalue weighted by Gasteiger charge is -2.14. The van der Waals surface area contributed by atoms with Gasteiger partial charge in [-0.2, -0.15) is 26.3 Å². The molecule has 0 N–H and O–H groups in total. The summed E-state index contributed by atoms with van der Waals surface area (Å²) in [6.45, 7) is 0. The first-order valence-electron chi connectivity index (χ1n) is 6.23. The van der Waals surface area contributed by atoms with E-state index in [-0.39, 0.29) is 17.8 Å². The Bertz CT molecular complexity index is 768. The molecule has 0 radical (unpaired) electrons. The molecule has 9 heteroatoms. The van der Waals surface area contributed by atoms with Crippen LogP contribution in [0.25, 0.3) is 0 Å². The van der Waals surface area contributed by atoms with E-state index in [1.807, 2.05) is 0 Å². The summed E-state index contributed by atoms with van der Waals surface area (Å²) < 4.78 is 81.8. The molecule has 0 saturated carbocycles. The molecule has 2 nitrogen and oxygen atoms in total. The molecule has 0 fully saturated rings. The topological polar surface area (TPSA) is 26.3 Å². The van der Waals surface area contributed by atoms with Crippen molar-refractivity contribution in [1.29, 1.82) is 0 Å². The molecule has 0 unspecified atom stereocenters. The van der Waals surface area contributed by atoms with E-state index in [0.29, 0.717) is 12.1 Å². The molecule has 0 aliphatic heterocycles. The van der Waals surface area contributed by atoms with Crippen LogP contribution in [-0.4, -0.2) is 6.29 Å². The van der Waals surface area contributed by atoms with Gasteiger partial charge in [0.05, 0.1) is 16.1 Å². The number of carbonyl (C=O) groups excluding carboxylic acids is 1. The van der Waals surface area contributed by atoms with Crippen LogP contribution in [0.5, 0.6) is 11.5 Å². The molecule has 24 heavy (non-hydrogen) atoms. The van der Waals surface area contributed by atoms with E-state index in [4.69, 9.17) is 16.3 Å². The van der Waals surface area contributed by atoms with E-state index in [1.54, 1.807) is 0 Å². The van der Waals surface area contributed by atoms with Crippen molar-refractivity contribution in [2.24, 2.45) is 0 Å². The zero-order valence-electron chi connectivity index (χ0n) is 11.5. The third kappa shape index (κ3) is 4.00. The Hall–Kier alpha value is -2.22. The summed E-state index contributed by atoms with van der Waals surface area (Å²) in [5.41, 5.74) is -3.04. The molecular weight excluding hydrogens is 362 g/mol. The highest BCUT2D eigenvalue weighted by molar-refractivity contribution is 6.31. The van der Waals surface area contributed by atoms with Crippen LogP contribution in [0.15, 0.2) is 36.4 Å². The minimum Gasteiger partial charge on any atom is -0.457 e. The van der Waals surface area contributed by atoms with Gasteiger partial charge in [0.1, 0.15) is 11.5 Å². The van der Waals surface area contributed by atoms with Gasteiger partial charge in [-0.15, -0.1) is 0 Å². The Kier molecular flexibility index (Phi) is 4.80. The average Bonchev–Trinajstić information content (AvgIpc) is 2.47. The van der Waals surface area contributed by atoms with Crippen molar-refractivity contribution in [2.75, 3.05) is 0 Å². The third-order valence-corrected chi connectivity index (χ3v) is 3.27. The molecule has 0 heterocycles. The van der Waals surface area contributed by atoms with Gasteiger partial charge in [0, 0.05) is 5.56 Å². The zero-order valence-corrected chi connectivity index (χ0v) is 12.3. The fourth-order valence-electron chi connectivity index (χ4n) is 1.87. The van der Waals surface area contributed by atoms with Gasteiger partial charge in [-0.05, 0) is 36.4 Å². The molecule has 0 atom stereocenters. The van der Waals surface area contributed by atoms with Crippen molar-refractivity contribution in [3.8, 4) is 11.5 Å². The lowest BCUT2D eigenvalue weighted by molar-refractivity contribution is -0.138. The summed E-state index contributed by atoms with van der Waals surface area (Å²) in [6, 6.07) is 5.02. The monoisotopic (exact) mass is 368 g/mol. The van der Waals surface area contributed by atoms with Crippen LogP contribution in [-0.2, 0) is 12.4 Å².